The van der Waals surface area contributed by atoms with Crippen LogP contribution >= 0.6 is 0 Å². The van der Waals surface area contributed by atoms with E-state index in [9.17, 15) is 4.79 Å². The summed E-state index contributed by atoms with van der Waals surface area (Å²) in [6, 6.07) is 2.97. The van der Waals surface area contributed by atoms with Crippen molar-refractivity contribution in [2.75, 3.05) is 19.6 Å². The minimum atomic E-state index is 0.330. The lowest BCUT2D eigenvalue weighted by Gasteiger charge is -2.35. The molecule has 2 atom stereocenters. The molecular formula is C16H26N4O. The molecule has 3 rings (SSSR count). The third-order valence-electron chi connectivity index (χ3n) is 4.96. The Balaban J connectivity index is 1.61. The van der Waals surface area contributed by atoms with Crippen LogP contribution in [-0.4, -0.2) is 57.2 Å². The lowest BCUT2D eigenvalue weighted by atomic mass is 10.0. The highest BCUT2D eigenvalue weighted by Crippen LogP contribution is 2.30. The fraction of sp³-hybridized carbons (Fsp3) is 0.750. The first-order valence-electron chi connectivity index (χ1n) is 8.30. The lowest BCUT2D eigenvalue weighted by molar-refractivity contribution is -0.132. The number of carbonyl (C=O) groups excluding carboxylic acids is 1. The van der Waals surface area contributed by atoms with Crippen molar-refractivity contribution in [1.29, 1.82) is 0 Å². The van der Waals surface area contributed by atoms with Crippen LogP contribution in [0.1, 0.15) is 39.0 Å². The molecule has 0 spiro atoms. The van der Waals surface area contributed by atoms with Crippen molar-refractivity contribution in [3.05, 3.63) is 18.5 Å². The molecular weight excluding hydrogens is 264 g/mol. The van der Waals surface area contributed by atoms with Gasteiger partial charge in [0.2, 0.25) is 5.91 Å². The van der Waals surface area contributed by atoms with Crippen molar-refractivity contribution in [2.45, 2.75) is 57.7 Å². The van der Waals surface area contributed by atoms with Gasteiger partial charge in [0, 0.05) is 44.0 Å². The number of likely N-dealkylation sites (tertiary alicyclic amines) is 2. The predicted octanol–water partition coefficient (Wildman–Crippen LogP) is 1.75. The summed E-state index contributed by atoms with van der Waals surface area (Å²) in [6.45, 7) is 6.08. The molecule has 21 heavy (non-hydrogen) atoms. The van der Waals surface area contributed by atoms with Gasteiger partial charge in [-0.05, 0) is 38.3 Å². The smallest absolute Gasteiger partial charge is 0.222 e. The lowest BCUT2D eigenvalue weighted by Crippen LogP contribution is -2.48. The van der Waals surface area contributed by atoms with E-state index in [2.05, 4.69) is 14.9 Å². The van der Waals surface area contributed by atoms with E-state index >= 15 is 0 Å². The molecule has 2 aliphatic heterocycles. The van der Waals surface area contributed by atoms with Gasteiger partial charge >= 0.3 is 0 Å². The van der Waals surface area contributed by atoms with E-state index in [-0.39, 0.29) is 0 Å². The van der Waals surface area contributed by atoms with E-state index in [1.807, 2.05) is 30.1 Å². The second-order valence-corrected chi connectivity index (χ2v) is 6.16. The molecule has 0 aromatic carbocycles. The Hall–Kier alpha value is -1.36. The zero-order valence-electron chi connectivity index (χ0n) is 12.9. The summed E-state index contributed by atoms with van der Waals surface area (Å²) >= 11 is 0. The summed E-state index contributed by atoms with van der Waals surface area (Å²) in [5.74, 6) is 0.330. The average molecular weight is 290 g/mol. The standard InChI is InChI=1S/C16H26N4O/c1-2-16(21)20-11-4-7-15(20)14-6-3-9-18(14)12-13-19-10-5-8-17-19/h5,8,10,14-15H,2-4,6-7,9,11-13H2,1H3/t14-,15+/m0/s1. The minimum absolute atomic E-state index is 0.330. The third kappa shape index (κ3) is 3.12. The zero-order valence-corrected chi connectivity index (χ0v) is 12.9. The quantitative estimate of drug-likeness (QED) is 0.829. The van der Waals surface area contributed by atoms with Gasteiger partial charge in [0.25, 0.3) is 0 Å². The maximum Gasteiger partial charge on any atom is 0.222 e. The normalized spacial score (nSPS) is 26.6. The summed E-state index contributed by atoms with van der Waals surface area (Å²) in [7, 11) is 0. The maximum absolute atomic E-state index is 12.1. The molecule has 5 heteroatoms. The van der Waals surface area contributed by atoms with Gasteiger partial charge in [-0.15, -0.1) is 0 Å². The van der Waals surface area contributed by atoms with Crippen molar-refractivity contribution in [3.63, 3.8) is 0 Å². The molecule has 116 valence electrons. The first-order valence-corrected chi connectivity index (χ1v) is 8.30. The van der Waals surface area contributed by atoms with Crippen LogP contribution in [0.2, 0.25) is 0 Å². The van der Waals surface area contributed by atoms with Crippen molar-refractivity contribution >= 4 is 5.91 Å². The highest BCUT2D eigenvalue weighted by molar-refractivity contribution is 5.76. The highest BCUT2D eigenvalue weighted by atomic mass is 16.2. The van der Waals surface area contributed by atoms with Gasteiger partial charge < -0.3 is 4.90 Å². The Morgan fingerprint density at radius 1 is 1.19 bits per heavy atom. The molecule has 1 aromatic rings. The minimum Gasteiger partial charge on any atom is -0.338 e. The van der Waals surface area contributed by atoms with Gasteiger partial charge in [-0.1, -0.05) is 6.92 Å². The van der Waals surface area contributed by atoms with Crippen LogP contribution < -0.4 is 0 Å². The van der Waals surface area contributed by atoms with Crippen molar-refractivity contribution in [2.24, 2.45) is 0 Å². The number of hydrogen-bond donors (Lipinski definition) is 0. The number of nitrogens with zero attached hydrogens (tertiary/aromatic N) is 4. The van der Waals surface area contributed by atoms with Gasteiger partial charge in [-0.3, -0.25) is 14.4 Å². The van der Waals surface area contributed by atoms with Crippen molar-refractivity contribution in [1.82, 2.24) is 19.6 Å². The number of aromatic nitrogens is 2. The van der Waals surface area contributed by atoms with Crippen LogP contribution in [0.15, 0.2) is 18.5 Å². The molecule has 0 radical (unpaired) electrons. The molecule has 2 saturated heterocycles. The van der Waals surface area contributed by atoms with Gasteiger partial charge in [0.15, 0.2) is 0 Å². The van der Waals surface area contributed by atoms with Crippen molar-refractivity contribution < 1.29 is 4.79 Å². The van der Waals surface area contributed by atoms with Crippen LogP contribution in [0.3, 0.4) is 0 Å². The Morgan fingerprint density at radius 2 is 2.00 bits per heavy atom. The Bertz CT molecular complexity index is 459. The average Bonchev–Trinajstić information content (AvgIpc) is 3.22. The van der Waals surface area contributed by atoms with E-state index in [0.717, 1.165) is 26.2 Å². The molecule has 0 unspecified atom stereocenters. The summed E-state index contributed by atoms with van der Waals surface area (Å²) in [5, 5.41) is 4.28. The van der Waals surface area contributed by atoms with Crippen LogP contribution in [0.4, 0.5) is 0 Å². The zero-order chi connectivity index (χ0) is 14.7. The second kappa shape index (κ2) is 6.60. The predicted molar refractivity (Wildman–Crippen MR) is 81.8 cm³/mol. The van der Waals surface area contributed by atoms with Crippen LogP contribution in [-0.2, 0) is 11.3 Å². The molecule has 2 aliphatic rings. The van der Waals surface area contributed by atoms with E-state index in [4.69, 9.17) is 0 Å². The molecule has 0 saturated carbocycles. The van der Waals surface area contributed by atoms with Crippen LogP contribution in [0, 0.1) is 0 Å². The number of amides is 1. The van der Waals surface area contributed by atoms with Crippen molar-refractivity contribution in [3.8, 4) is 0 Å². The molecule has 1 amide bonds. The largest absolute Gasteiger partial charge is 0.338 e. The molecule has 0 aliphatic carbocycles. The highest BCUT2D eigenvalue weighted by Gasteiger charge is 2.38. The van der Waals surface area contributed by atoms with Gasteiger partial charge in [0.05, 0.1) is 6.54 Å². The summed E-state index contributed by atoms with van der Waals surface area (Å²) < 4.78 is 2.00. The number of hydrogen-bond acceptors (Lipinski definition) is 3. The molecule has 0 bridgehead atoms. The van der Waals surface area contributed by atoms with E-state index in [1.165, 1.54) is 25.7 Å². The first-order chi connectivity index (χ1) is 10.3. The fourth-order valence-corrected chi connectivity index (χ4v) is 3.93. The summed E-state index contributed by atoms with van der Waals surface area (Å²) in [5.41, 5.74) is 0. The fourth-order valence-electron chi connectivity index (χ4n) is 3.93. The molecule has 1 aromatic heterocycles. The molecule has 0 N–H and O–H groups in total. The number of rotatable bonds is 5. The van der Waals surface area contributed by atoms with E-state index in [0.29, 0.717) is 24.4 Å². The van der Waals surface area contributed by atoms with Crippen LogP contribution in [0.5, 0.6) is 0 Å². The van der Waals surface area contributed by atoms with E-state index < -0.39 is 0 Å². The second-order valence-electron chi connectivity index (χ2n) is 6.16. The first kappa shape index (κ1) is 14.6. The number of carbonyl (C=O) groups is 1. The Labute approximate surface area is 126 Å². The molecule has 2 fully saturated rings. The third-order valence-corrected chi connectivity index (χ3v) is 4.96. The molecule has 3 heterocycles. The summed E-state index contributed by atoms with van der Waals surface area (Å²) in [4.78, 5) is 16.9. The van der Waals surface area contributed by atoms with E-state index in [1.54, 1.807) is 0 Å². The maximum atomic E-state index is 12.1. The topological polar surface area (TPSA) is 41.4 Å². The van der Waals surface area contributed by atoms with Gasteiger partial charge in [-0.2, -0.15) is 5.10 Å². The SMILES string of the molecule is CCC(=O)N1CCC[C@@H]1[C@@H]1CCCN1CCn1cccn1. The molecule has 5 nitrogen and oxygen atoms in total. The summed E-state index contributed by atoms with van der Waals surface area (Å²) in [6.07, 6.45) is 9.32. The van der Waals surface area contributed by atoms with Gasteiger partial charge in [-0.25, -0.2) is 0 Å². The van der Waals surface area contributed by atoms with Crippen LogP contribution in [0.25, 0.3) is 0 Å². The van der Waals surface area contributed by atoms with Gasteiger partial charge in [0.1, 0.15) is 0 Å². The monoisotopic (exact) mass is 290 g/mol. The Morgan fingerprint density at radius 3 is 2.76 bits per heavy atom. The Kier molecular flexibility index (Phi) is 4.58.